The highest BCUT2D eigenvalue weighted by Crippen LogP contribution is 2.28. The second-order valence-corrected chi connectivity index (χ2v) is 4.37. The van der Waals surface area contributed by atoms with Gasteiger partial charge in [-0.15, -0.1) is 0 Å². The molecule has 0 radical (unpaired) electrons. The van der Waals surface area contributed by atoms with E-state index in [9.17, 15) is 0 Å². The Morgan fingerprint density at radius 2 is 2.07 bits per heavy atom. The molecule has 1 heterocycles. The van der Waals surface area contributed by atoms with Crippen molar-refractivity contribution in [1.82, 2.24) is 4.98 Å². The van der Waals surface area contributed by atoms with Gasteiger partial charge in [-0.2, -0.15) is 0 Å². The third-order valence-electron chi connectivity index (χ3n) is 1.73. The van der Waals surface area contributed by atoms with Crippen LogP contribution in [-0.2, 0) is 0 Å². The Balaban J connectivity index is 3.27. The molecule has 0 aliphatic rings. The van der Waals surface area contributed by atoms with Crippen molar-refractivity contribution in [2.75, 3.05) is 5.32 Å². The van der Waals surface area contributed by atoms with Crippen molar-refractivity contribution in [3.8, 4) is 0 Å². The van der Waals surface area contributed by atoms with Crippen molar-refractivity contribution in [2.24, 2.45) is 0 Å². The number of nitrogens with zero attached hydrogens (tertiary/aromatic N) is 1. The minimum Gasteiger partial charge on any atom is -0.380 e. The van der Waals surface area contributed by atoms with E-state index in [1.807, 2.05) is 13.8 Å². The van der Waals surface area contributed by atoms with Gasteiger partial charge in [0, 0.05) is 6.04 Å². The maximum absolute atomic E-state index is 7.59. The van der Waals surface area contributed by atoms with Crippen molar-refractivity contribution in [2.45, 2.75) is 26.8 Å². The van der Waals surface area contributed by atoms with Gasteiger partial charge in [0.15, 0.2) is 0 Å². The standard InChI is InChI=1S/C10H13Cl2N3/c1-5(2)14-10-7(11)4-8(12)15-9(10)6(3)13/h4-5,13-14H,1-3H3. The zero-order valence-corrected chi connectivity index (χ0v) is 10.4. The molecular formula is C10H13Cl2N3. The fraction of sp³-hybridized carbons (Fsp3) is 0.400. The first-order chi connectivity index (χ1) is 6.91. The van der Waals surface area contributed by atoms with Crippen LogP contribution in [0.4, 0.5) is 5.69 Å². The summed E-state index contributed by atoms with van der Waals surface area (Å²) in [4.78, 5) is 4.08. The lowest BCUT2D eigenvalue weighted by molar-refractivity contribution is 0.896. The molecule has 3 nitrogen and oxygen atoms in total. The summed E-state index contributed by atoms with van der Waals surface area (Å²) in [6.45, 7) is 5.64. The maximum atomic E-state index is 7.59. The molecule has 0 fully saturated rings. The van der Waals surface area contributed by atoms with Gasteiger partial charge < -0.3 is 10.7 Å². The number of nitrogens with one attached hydrogen (secondary N) is 2. The molecular weight excluding hydrogens is 233 g/mol. The van der Waals surface area contributed by atoms with Crippen molar-refractivity contribution < 1.29 is 0 Å². The van der Waals surface area contributed by atoms with Gasteiger partial charge in [-0.05, 0) is 26.8 Å². The number of anilines is 1. The molecule has 0 aliphatic heterocycles. The molecule has 0 saturated heterocycles. The van der Waals surface area contributed by atoms with Gasteiger partial charge in [0.05, 0.1) is 16.4 Å². The highest BCUT2D eigenvalue weighted by Gasteiger charge is 2.13. The maximum Gasteiger partial charge on any atom is 0.131 e. The molecule has 0 aromatic carbocycles. The summed E-state index contributed by atoms with van der Waals surface area (Å²) in [5, 5.41) is 11.5. The zero-order valence-electron chi connectivity index (χ0n) is 8.86. The molecule has 15 heavy (non-hydrogen) atoms. The Bertz CT molecular complexity index is 388. The molecule has 1 aromatic rings. The number of halogens is 2. The molecule has 0 saturated carbocycles. The van der Waals surface area contributed by atoms with E-state index >= 15 is 0 Å². The van der Waals surface area contributed by atoms with Crippen LogP contribution in [-0.4, -0.2) is 16.7 Å². The summed E-state index contributed by atoms with van der Waals surface area (Å²) >= 11 is 11.8. The number of pyridine rings is 1. The highest BCUT2D eigenvalue weighted by atomic mass is 35.5. The van der Waals surface area contributed by atoms with E-state index in [-0.39, 0.29) is 6.04 Å². The van der Waals surface area contributed by atoms with E-state index in [0.29, 0.717) is 27.3 Å². The van der Waals surface area contributed by atoms with Gasteiger partial charge in [0.25, 0.3) is 0 Å². The lowest BCUT2D eigenvalue weighted by Crippen LogP contribution is -2.14. The normalized spacial score (nSPS) is 10.5. The van der Waals surface area contributed by atoms with Crippen molar-refractivity contribution in [3.05, 3.63) is 21.9 Å². The number of aromatic nitrogens is 1. The van der Waals surface area contributed by atoms with Gasteiger partial charge in [-0.1, -0.05) is 23.2 Å². The molecule has 2 N–H and O–H groups in total. The van der Waals surface area contributed by atoms with Gasteiger partial charge in [-0.3, -0.25) is 0 Å². The summed E-state index contributed by atoms with van der Waals surface area (Å²) in [5.41, 5.74) is 1.51. The number of hydrogen-bond donors (Lipinski definition) is 2. The fourth-order valence-electron chi connectivity index (χ4n) is 1.18. The summed E-state index contributed by atoms with van der Waals surface area (Å²) in [6, 6.07) is 1.80. The summed E-state index contributed by atoms with van der Waals surface area (Å²) in [7, 11) is 0. The van der Waals surface area contributed by atoms with Gasteiger partial charge in [0.2, 0.25) is 0 Å². The Hall–Kier alpha value is -0.800. The first-order valence-corrected chi connectivity index (χ1v) is 5.35. The average Bonchev–Trinajstić information content (AvgIpc) is 2.08. The Labute approximate surface area is 99.3 Å². The van der Waals surface area contributed by atoms with Crippen LogP contribution in [0.5, 0.6) is 0 Å². The van der Waals surface area contributed by atoms with Gasteiger partial charge >= 0.3 is 0 Å². The van der Waals surface area contributed by atoms with E-state index in [2.05, 4.69) is 10.3 Å². The van der Waals surface area contributed by atoms with Crippen LogP contribution in [0.3, 0.4) is 0 Å². The molecule has 82 valence electrons. The lowest BCUT2D eigenvalue weighted by atomic mass is 10.2. The quantitative estimate of drug-likeness (QED) is 0.632. The molecule has 1 aromatic heterocycles. The highest BCUT2D eigenvalue weighted by molar-refractivity contribution is 6.36. The molecule has 0 bridgehead atoms. The molecule has 0 aliphatic carbocycles. The van der Waals surface area contributed by atoms with Crippen LogP contribution in [0.1, 0.15) is 26.5 Å². The van der Waals surface area contributed by atoms with E-state index in [4.69, 9.17) is 28.6 Å². The summed E-state index contributed by atoms with van der Waals surface area (Å²) < 4.78 is 0. The second kappa shape index (κ2) is 4.81. The van der Waals surface area contributed by atoms with Crippen LogP contribution < -0.4 is 5.32 Å². The smallest absolute Gasteiger partial charge is 0.131 e. The predicted molar refractivity (Wildman–Crippen MR) is 65.5 cm³/mol. The Morgan fingerprint density at radius 1 is 1.47 bits per heavy atom. The molecule has 0 amide bonds. The van der Waals surface area contributed by atoms with E-state index in [0.717, 1.165) is 0 Å². The lowest BCUT2D eigenvalue weighted by Gasteiger charge is -2.15. The average molecular weight is 246 g/mol. The summed E-state index contributed by atoms with van der Waals surface area (Å²) in [5.74, 6) is 0. The second-order valence-electron chi connectivity index (χ2n) is 3.57. The number of hydrogen-bond acceptors (Lipinski definition) is 3. The largest absolute Gasteiger partial charge is 0.380 e. The van der Waals surface area contributed by atoms with E-state index in [1.54, 1.807) is 13.0 Å². The van der Waals surface area contributed by atoms with Crippen LogP contribution in [0.15, 0.2) is 6.07 Å². The van der Waals surface area contributed by atoms with E-state index in [1.165, 1.54) is 0 Å². The van der Waals surface area contributed by atoms with Crippen LogP contribution >= 0.6 is 23.2 Å². The zero-order chi connectivity index (χ0) is 11.6. The van der Waals surface area contributed by atoms with E-state index < -0.39 is 0 Å². The number of rotatable bonds is 3. The molecule has 1 rings (SSSR count). The minimum atomic E-state index is 0.226. The Kier molecular flexibility index (Phi) is 3.94. The van der Waals surface area contributed by atoms with Gasteiger partial charge in [-0.25, -0.2) is 4.98 Å². The molecule has 0 atom stereocenters. The van der Waals surface area contributed by atoms with Crippen LogP contribution in [0, 0.1) is 5.41 Å². The van der Waals surface area contributed by atoms with Crippen molar-refractivity contribution in [1.29, 1.82) is 5.41 Å². The molecule has 0 spiro atoms. The van der Waals surface area contributed by atoms with Crippen molar-refractivity contribution >= 4 is 34.6 Å². The Morgan fingerprint density at radius 3 is 2.53 bits per heavy atom. The first-order valence-electron chi connectivity index (χ1n) is 4.60. The SMILES string of the molecule is CC(=N)c1nc(Cl)cc(Cl)c1NC(C)C. The predicted octanol–water partition coefficient (Wildman–Crippen LogP) is 3.60. The first kappa shape index (κ1) is 12.3. The van der Waals surface area contributed by atoms with Gasteiger partial charge in [0.1, 0.15) is 10.8 Å². The third kappa shape index (κ3) is 3.08. The molecule has 5 heteroatoms. The van der Waals surface area contributed by atoms with Crippen molar-refractivity contribution in [3.63, 3.8) is 0 Å². The monoisotopic (exact) mass is 245 g/mol. The summed E-state index contributed by atoms with van der Waals surface area (Å²) in [6.07, 6.45) is 0. The van der Waals surface area contributed by atoms with Crippen LogP contribution in [0.25, 0.3) is 0 Å². The minimum absolute atomic E-state index is 0.226. The van der Waals surface area contributed by atoms with Crippen LogP contribution in [0.2, 0.25) is 10.2 Å². The fourth-order valence-corrected chi connectivity index (χ4v) is 1.68. The molecule has 0 unspecified atom stereocenters. The third-order valence-corrected chi connectivity index (χ3v) is 2.22. The topological polar surface area (TPSA) is 48.8 Å².